The van der Waals surface area contributed by atoms with Gasteiger partial charge in [-0.25, -0.2) is 30.9 Å². The van der Waals surface area contributed by atoms with Crippen molar-refractivity contribution in [3.8, 4) is 17.4 Å². The van der Waals surface area contributed by atoms with E-state index in [1.54, 1.807) is 19.1 Å². The van der Waals surface area contributed by atoms with Crippen LogP contribution in [-0.2, 0) is 26.6 Å². The van der Waals surface area contributed by atoms with Crippen LogP contribution in [0.5, 0.6) is 17.4 Å². The third-order valence-corrected chi connectivity index (χ3v) is 18.5. The van der Waals surface area contributed by atoms with Crippen LogP contribution in [0.25, 0.3) is 11.0 Å². The Labute approximate surface area is 465 Å². The van der Waals surface area contributed by atoms with Gasteiger partial charge in [-0.2, -0.15) is 4.98 Å². The second-order valence-corrected chi connectivity index (χ2v) is 26.2. The molecular formula is C57H69FN10O10S2. The number of aromatic amines is 1. The van der Waals surface area contributed by atoms with Crippen LogP contribution in [0.1, 0.15) is 111 Å². The summed E-state index contributed by atoms with van der Waals surface area (Å²) < 4.78 is 82.9. The number of methoxy groups -OCH3 is 1. The molecule has 10 rings (SSSR count). The molecule has 0 unspecified atom stereocenters. The number of sulfonamides is 2. The third-order valence-electron chi connectivity index (χ3n) is 16.6. The maximum atomic E-state index is 14.9. The van der Waals surface area contributed by atoms with E-state index >= 15 is 0 Å². The number of pyridine rings is 2. The quantitative estimate of drug-likeness (QED) is 0.0397. The predicted molar refractivity (Wildman–Crippen MR) is 303 cm³/mol. The molecule has 1 spiro atoms. The number of nitrogens with zero attached hydrogens (tertiary/aromatic N) is 6. The lowest BCUT2D eigenvalue weighted by molar-refractivity contribution is -0.384. The average molecular weight is 1140 g/mol. The van der Waals surface area contributed by atoms with Gasteiger partial charge in [-0.05, 0) is 116 Å². The maximum Gasteiger partial charge on any atom is 0.312 e. The lowest BCUT2D eigenvalue weighted by Crippen LogP contribution is -2.60. The van der Waals surface area contributed by atoms with Crippen molar-refractivity contribution in [2.75, 3.05) is 67.6 Å². The Balaban J connectivity index is 0.849. The van der Waals surface area contributed by atoms with Crippen molar-refractivity contribution >= 4 is 59.9 Å². The van der Waals surface area contributed by atoms with Crippen LogP contribution in [0.15, 0.2) is 96.2 Å². The Hall–Kier alpha value is -6.92. The summed E-state index contributed by atoms with van der Waals surface area (Å²) in [4.78, 5) is 43.7. The normalized spacial score (nSPS) is 21.1. The number of aliphatic hydroxyl groups is 1. The van der Waals surface area contributed by atoms with E-state index in [0.717, 1.165) is 82.1 Å². The number of carbonyl (C=O) groups is 1. The minimum absolute atomic E-state index is 0.0296. The van der Waals surface area contributed by atoms with E-state index in [0.29, 0.717) is 68.7 Å². The first-order chi connectivity index (χ1) is 38.0. The summed E-state index contributed by atoms with van der Waals surface area (Å²) in [5, 5.41) is 25.7. The molecule has 23 heteroatoms. The van der Waals surface area contributed by atoms with Gasteiger partial charge in [0.1, 0.15) is 22.1 Å². The fraction of sp³-hybridized carbons (Fsp3) is 0.456. The number of aromatic nitrogens is 3. The molecule has 20 nitrogen and oxygen atoms in total. The SMILES string of the molecule is COc1nc2[nH]cc(F)c2cc1Oc1cc(N2CCC3(CC2)CC(N2CCN(Cc4ccc(NS(C)(=O)=O)cc4)C[C@H]2c2ccccc2C(C)C)C3)ccc1C(=O)NS(=O)(=O)c1cnc(NCC2CCC(C)(O)CC2)c([N+](=O)[O-])c1. The number of nitrogens with one attached hydrogen (secondary N) is 4. The van der Waals surface area contributed by atoms with Crippen molar-refractivity contribution in [1.82, 2.24) is 29.5 Å². The van der Waals surface area contributed by atoms with Crippen molar-refractivity contribution in [2.24, 2.45) is 11.3 Å². The first kappa shape index (κ1) is 56.4. The molecule has 426 valence electrons. The summed E-state index contributed by atoms with van der Waals surface area (Å²) in [6.07, 6.45) is 9.72. The highest BCUT2D eigenvalue weighted by molar-refractivity contribution is 7.92. The summed E-state index contributed by atoms with van der Waals surface area (Å²) in [5.74, 6) is -1.51. The number of hydrogen-bond acceptors (Lipinski definition) is 16. The highest BCUT2D eigenvalue weighted by Crippen LogP contribution is 2.53. The molecule has 2 saturated heterocycles. The van der Waals surface area contributed by atoms with Gasteiger partial charge in [0, 0.05) is 93.7 Å². The molecule has 3 aromatic heterocycles. The van der Waals surface area contributed by atoms with Crippen molar-refractivity contribution in [1.29, 1.82) is 0 Å². The Kier molecular flexibility index (Phi) is 15.9. The van der Waals surface area contributed by atoms with Gasteiger partial charge in [-0.15, -0.1) is 0 Å². The number of anilines is 3. The van der Waals surface area contributed by atoms with Crippen LogP contribution in [0, 0.1) is 27.3 Å². The van der Waals surface area contributed by atoms with Gasteiger partial charge >= 0.3 is 5.69 Å². The Morgan fingerprint density at radius 3 is 2.38 bits per heavy atom. The molecule has 1 amide bonds. The fourth-order valence-corrected chi connectivity index (χ4v) is 13.7. The van der Waals surface area contributed by atoms with Gasteiger partial charge in [-0.1, -0.05) is 50.2 Å². The predicted octanol–water partition coefficient (Wildman–Crippen LogP) is 9.08. The summed E-state index contributed by atoms with van der Waals surface area (Å²) in [7, 11) is -6.78. The van der Waals surface area contributed by atoms with E-state index in [4.69, 9.17) is 9.47 Å². The van der Waals surface area contributed by atoms with Crippen molar-refractivity contribution in [3.05, 3.63) is 129 Å². The van der Waals surface area contributed by atoms with Crippen LogP contribution < -0.4 is 29.1 Å². The van der Waals surface area contributed by atoms with Crippen molar-refractivity contribution in [3.63, 3.8) is 0 Å². The second kappa shape index (κ2) is 22.6. The highest BCUT2D eigenvalue weighted by Gasteiger charge is 2.50. The van der Waals surface area contributed by atoms with Crippen molar-refractivity contribution < 1.29 is 45.5 Å². The van der Waals surface area contributed by atoms with E-state index < -0.39 is 52.9 Å². The molecule has 0 radical (unpaired) electrons. The van der Waals surface area contributed by atoms with Crippen LogP contribution in [0.4, 0.5) is 27.3 Å². The number of ether oxygens (including phenoxy) is 2. The number of rotatable bonds is 18. The fourth-order valence-electron chi connectivity index (χ4n) is 12.2. The minimum atomic E-state index is -4.76. The van der Waals surface area contributed by atoms with Crippen LogP contribution in [0.3, 0.4) is 0 Å². The largest absolute Gasteiger partial charge is 0.478 e. The molecule has 2 aliphatic heterocycles. The topological polar surface area (TPSA) is 255 Å². The molecular weight excluding hydrogens is 1070 g/mol. The second-order valence-electron chi connectivity index (χ2n) is 22.8. The lowest BCUT2D eigenvalue weighted by atomic mass is 9.59. The molecule has 2 aliphatic carbocycles. The smallest absolute Gasteiger partial charge is 0.312 e. The van der Waals surface area contributed by atoms with Gasteiger partial charge in [0.05, 0.1) is 41.0 Å². The number of halogens is 1. The number of fused-ring (bicyclic) bond motifs is 1. The van der Waals surface area contributed by atoms with Gasteiger partial charge in [0.2, 0.25) is 15.8 Å². The zero-order valence-electron chi connectivity index (χ0n) is 45.6. The van der Waals surface area contributed by atoms with E-state index in [9.17, 15) is 41.2 Å². The highest BCUT2D eigenvalue weighted by atomic mass is 32.2. The van der Waals surface area contributed by atoms with Crippen LogP contribution >= 0.6 is 0 Å². The molecule has 3 aromatic carbocycles. The number of H-pyrrole nitrogens is 1. The summed E-state index contributed by atoms with van der Waals surface area (Å²) >= 11 is 0. The van der Waals surface area contributed by atoms with Gasteiger partial charge in [-0.3, -0.25) is 29.4 Å². The molecule has 0 bridgehead atoms. The lowest BCUT2D eigenvalue weighted by Gasteiger charge is -2.58. The van der Waals surface area contributed by atoms with Gasteiger partial charge in [0.25, 0.3) is 21.8 Å². The first-order valence-corrected chi connectivity index (χ1v) is 30.5. The molecule has 2 saturated carbocycles. The third kappa shape index (κ3) is 12.5. The average Bonchev–Trinajstić information content (AvgIpc) is 3.83. The Bertz CT molecular complexity index is 3500. The molecule has 6 aromatic rings. The van der Waals surface area contributed by atoms with E-state index in [2.05, 4.69) is 77.8 Å². The van der Waals surface area contributed by atoms with Gasteiger partial charge in [0.15, 0.2) is 5.75 Å². The monoisotopic (exact) mass is 1140 g/mol. The number of carbonyl (C=O) groups excluding carboxylic acids is 1. The number of nitro groups is 1. The summed E-state index contributed by atoms with van der Waals surface area (Å²) in [5.41, 5.74) is 3.80. The number of amides is 1. The maximum absolute atomic E-state index is 14.9. The number of benzene rings is 3. The zero-order valence-corrected chi connectivity index (χ0v) is 47.2. The first-order valence-electron chi connectivity index (χ1n) is 27.1. The number of piperidine rings is 1. The number of hydrogen-bond donors (Lipinski definition) is 5. The number of piperazine rings is 1. The van der Waals surface area contributed by atoms with Crippen LogP contribution in [-0.4, -0.2) is 122 Å². The van der Waals surface area contributed by atoms with E-state index in [1.807, 2.05) is 29.0 Å². The summed E-state index contributed by atoms with van der Waals surface area (Å²) in [6, 6.07) is 23.9. The zero-order chi connectivity index (χ0) is 56.7. The molecule has 4 aliphatic rings. The van der Waals surface area contributed by atoms with Gasteiger partial charge < -0.3 is 29.8 Å². The molecule has 5 N–H and O–H groups in total. The van der Waals surface area contributed by atoms with E-state index in [-0.39, 0.29) is 57.2 Å². The minimum Gasteiger partial charge on any atom is -0.478 e. The molecule has 80 heavy (non-hydrogen) atoms. The Morgan fingerprint density at radius 1 is 0.963 bits per heavy atom. The molecule has 5 heterocycles. The van der Waals surface area contributed by atoms with Crippen molar-refractivity contribution in [2.45, 2.75) is 107 Å². The summed E-state index contributed by atoms with van der Waals surface area (Å²) in [6.45, 7) is 11.4. The van der Waals surface area contributed by atoms with Crippen LogP contribution in [0.2, 0.25) is 0 Å². The van der Waals surface area contributed by atoms with E-state index in [1.165, 1.54) is 30.4 Å². The molecule has 4 fully saturated rings. The Morgan fingerprint density at radius 2 is 1.69 bits per heavy atom. The molecule has 1 atom stereocenters. The standard InChI is InChI=1S/C57H69FN10O10S2/c1-36(2)43-8-6-7-9-44(43)49-35-65(34-38-10-12-39(13-11-38)63-79(5,73)74)24-25-67(49)41-29-57(30-41)20-22-66(23-21-57)40-14-15-45(50(26-40)78-51-28-46-47(58)33-61-52(46)62-55(51)77-4)54(69)64-80(75,76)42-27-48(68(71)72)53(60-32-42)59-31-37-16-18-56(3,70)19-17-37/h6-15,26-28,32-33,36-37,41,49,63,70H,16-25,29-31,34-35H2,1-5H3,(H,59,60)(H,61,62)(H,64,69)/t37?,49-,56?/m0/s1.